The van der Waals surface area contributed by atoms with Crippen LogP contribution in [0, 0.1) is 0 Å². The Labute approximate surface area is 341 Å². The molecule has 0 bridgehead atoms. The molecule has 0 saturated heterocycles. The Morgan fingerprint density at radius 2 is 0.333 bits per heavy atom. The fourth-order valence-electron chi connectivity index (χ4n) is 5.77. The topological polar surface area (TPSA) is 121 Å². The molecule has 57 heavy (non-hydrogen) atoms. The zero-order valence-corrected chi connectivity index (χ0v) is 35.5. The molecule has 0 fully saturated rings. The molecular weight excluding hydrogens is 709 g/mol. The molecule has 0 heterocycles. The lowest BCUT2D eigenvalue weighted by molar-refractivity contribution is 0.473. The number of hydrogen-bond donors (Lipinski definition) is 6. The van der Waals surface area contributed by atoms with Crippen molar-refractivity contribution in [1.29, 1.82) is 0 Å². The quantitative estimate of drug-likeness (QED) is 0.100. The van der Waals surface area contributed by atoms with Crippen molar-refractivity contribution in [3.63, 3.8) is 0 Å². The summed E-state index contributed by atoms with van der Waals surface area (Å²) in [6.07, 6.45) is 2.50. The van der Waals surface area contributed by atoms with E-state index < -0.39 is 0 Å². The molecule has 6 nitrogen and oxygen atoms in total. The number of phenols is 6. The predicted molar refractivity (Wildman–Crippen MR) is 237 cm³/mol. The second kappa shape index (κ2) is 22.0. The molecule has 304 valence electrons. The first-order chi connectivity index (χ1) is 26.8. The van der Waals surface area contributed by atoms with E-state index >= 15 is 0 Å². The van der Waals surface area contributed by atoms with Crippen LogP contribution in [0.5, 0.6) is 34.5 Å². The molecule has 0 spiro atoms. The van der Waals surface area contributed by atoms with Gasteiger partial charge < -0.3 is 30.6 Å². The largest absolute Gasteiger partial charge is 0.508 e. The first kappa shape index (κ1) is 47.3. The first-order valence-corrected chi connectivity index (χ1v) is 19.6. The van der Waals surface area contributed by atoms with Gasteiger partial charge in [0.1, 0.15) is 34.5 Å². The van der Waals surface area contributed by atoms with Gasteiger partial charge in [0.2, 0.25) is 0 Å². The number of hydrogen-bond acceptors (Lipinski definition) is 6. The van der Waals surface area contributed by atoms with Crippen molar-refractivity contribution < 1.29 is 30.6 Å². The minimum Gasteiger partial charge on any atom is -0.508 e. The van der Waals surface area contributed by atoms with Gasteiger partial charge in [-0.15, -0.1) is 0 Å². The van der Waals surface area contributed by atoms with Crippen molar-refractivity contribution in [2.24, 2.45) is 0 Å². The van der Waals surface area contributed by atoms with Crippen LogP contribution >= 0.6 is 0 Å². The molecule has 0 radical (unpaired) electrons. The molecule has 6 heteroatoms. The van der Waals surface area contributed by atoms with E-state index in [4.69, 9.17) is 0 Å². The molecule has 0 aliphatic rings. The highest BCUT2D eigenvalue weighted by Crippen LogP contribution is 2.35. The van der Waals surface area contributed by atoms with Crippen molar-refractivity contribution in [2.75, 3.05) is 0 Å². The van der Waals surface area contributed by atoms with E-state index in [9.17, 15) is 30.6 Å². The monoisotopic (exact) mass is 772 g/mol. The third-order valence-corrected chi connectivity index (χ3v) is 9.53. The van der Waals surface area contributed by atoms with Crippen LogP contribution in [0.25, 0.3) is 0 Å². The summed E-state index contributed by atoms with van der Waals surface area (Å²) in [7, 11) is 0. The summed E-state index contributed by atoms with van der Waals surface area (Å²) < 4.78 is 0. The molecule has 0 atom stereocenters. The van der Waals surface area contributed by atoms with Crippen LogP contribution in [0.15, 0.2) is 146 Å². The van der Waals surface area contributed by atoms with E-state index in [1.54, 1.807) is 72.8 Å². The van der Waals surface area contributed by atoms with Gasteiger partial charge in [-0.1, -0.05) is 155 Å². The zero-order chi connectivity index (χ0) is 42.8. The molecule has 0 aliphatic heterocycles. The molecule has 6 aromatic rings. The fraction of sp³-hybridized carbons (Fsp3) is 0.294. The van der Waals surface area contributed by atoms with Crippen LogP contribution in [-0.2, 0) is 16.2 Å². The summed E-state index contributed by atoms with van der Waals surface area (Å²) >= 11 is 0. The Kier molecular flexibility index (Phi) is 18.3. The molecular formula is C51H64O6. The number of benzene rings is 6. The standard InChI is InChI=1S/3C15H16O2.2C3H8/c3*1-15(2,11-3-7-13(16)8-4-11)12-5-9-14(17)10-6-12;2*1-3-2/h3*3-10,16-17H,1-2H3;2*3H2,1-2H3. The molecule has 0 aliphatic carbocycles. The number of phenolic OH excluding ortho intramolecular Hbond substituents is 6. The summed E-state index contributed by atoms with van der Waals surface area (Å²) in [5, 5.41) is 55.8. The maximum atomic E-state index is 9.30. The third-order valence-electron chi connectivity index (χ3n) is 9.53. The van der Waals surface area contributed by atoms with Crippen molar-refractivity contribution in [3.8, 4) is 34.5 Å². The maximum absolute atomic E-state index is 9.30. The Morgan fingerprint density at radius 3 is 0.421 bits per heavy atom. The lowest BCUT2D eigenvalue weighted by atomic mass is 9.78. The van der Waals surface area contributed by atoms with E-state index in [1.165, 1.54) is 12.8 Å². The minimum atomic E-state index is -0.151. The maximum Gasteiger partial charge on any atom is 0.115 e. The Hall–Kier alpha value is -5.88. The highest BCUT2D eigenvalue weighted by molar-refractivity contribution is 5.44. The van der Waals surface area contributed by atoms with Crippen LogP contribution in [0.1, 0.15) is 115 Å². The Morgan fingerprint density at radius 1 is 0.246 bits per heavy atom. The summed E-state index contributed by atoms with van der Waals surface area (Å²) in [5.74, 6) is 1.64. The average Bonchev–Trinajstić information content (AvgIpc) is 3.17. The first-order valence-electron chi connectivity index (χ1n) is 19.6. The molecule has 0 unspecified atom stereocenters. The predicted octanol–water partition coefficient (Wildman–Crippen LogP) is 13.1. The van der Waals surface area contributed by atoms with E-state index in [-0.39, 0.29) is 50.7 Å². The van der Waals surface area contributed by atoms with Gasteiger partial charge >= 0.3 is 0 Å². The minimum absolute atomic E-state index is 0.151. The van der Waals surface area contributed by atoms with Gasteiger partial charge in [0.15, 0.2) is 0 Å². The molecule has 0 amide bonds. The van der Waals surface area contributed by atoms with Crippen molar-refractivity contribution in [3.05, 3.63) is 179 Å². The fourth-order valence-corrected chi connectivity index (χ4v) is 5.77. The van der Waals surface area contributed by atoms with Crippen molar-refractivity contribution in [2.45, 2.75) is 98.3 Å². The van der Waals surface area contributed by atoms with Crippen LogP contribution < -0.4 is 0 Å². The number of aromatic hydroxyl groups is 6. The normalized spacial score (nSPS) is 10.8. The molecule has 0 saturated carbocycles. The second-order valence-corrected chi connectivity index (χ2v) is 15.6. The lowest BCUT2D eigenvalue weighted by Crippen LogP contribution is -2.18. The van der Waals surface area contributed by atoms with Gasteiger partial charge in [-0.2, -0.15) is 0 Å². The Bertz CT molecular complexity index is 1610. The van der Waals surface area contributed by atoms with Crippen LogP contribution in [-0.4, -0.2) is 30.6 Å². The second-order valence-electron chi connectivity index (χ2n) is 15.6. The van der Waals surface area contributed by atoms with E-state index in [0.29, 0.717) is 0 Å². The van der Waals surface area contributed by atoms with Crippen LogP contribution in [0.3, 0.4) is 0 Å². The summed E-state index contributed by atoms with van der Waals surface area (Å²) in [6, 6.07) is 43.3. The van der Waals surface area contributed by atoms with Crippen molar-refractivity contribution in [1.82, 2.24) is 0 Å². The lowest BCUT2D eigenvalue weighted by Gasteiger charge is -2.26. The highest BCUT2D eigenvalue weighted by Gasteiger charge is 2.24. The van der Waals surface area contributed by atoms with Crippen LogP contribution in [0.4, 0.5) is 0 Å². The molecule has 6 rings (SSSR count). The van der Waals surface area contributed by atoms with Crippen molar-refractivity contribution >= 4 is 0 Å². The van der Waals surface area contributed by atoms with E-state index in [2.05, 4.69) is 69.2 Å². The van der Waals surface area contributed by atoms with Crippen LogP contribution in [0.2, 0.25) is 0 Å². The van der Waals surface area contributed by atoms with Gasteiger partial charge in [0.05, 0.1) is 0 Å². The summed E-state index contributed by atoms with van der Waals surface area (Å²) in [5.41, 5.74) is 6.30. The summed E-state index contributed by atoms with van der Waals surface area (Å²) in [6.45, 7) is 21.2. The highest BCUT2D eigenvalue weighted by atomic mass is 16.3. The molecule has 6 N–H and O–H groups in total. The third kappa shape index (κ3) is 14.3. The van der Waals surface area contributed by atoms with E-state index in [0.717, 1.165) is 33.4 Å². The van der Waals surface area contributed by atoms with Gasteiger partial charge in [-0.3, -0.25) is 0 Å². The number of rotatable bonds is 6. The average molecular weight is 773 g/mol. The van der Waals surface area contributed by atoms with Gasteiger partial charge in [0.25, 0.3) is 0 Å². The van der Waals surface area contributed by atoms with E-state index in [1.807, 2.05) is 72.8 Å². The SMILES string of the molecule is CC(C)(c1ccc(O)cc1)c1ccc(O)cc1.CC(C)(c1ccc(O)cc1)c1ccc(O)cc1.CC(C)(c1ccc(O)cc1)c1ccc(O)cc1.CCC.CCC. The smallest absolute Gasteiger partial charge is 0.115 e. The van der Waals surface area contributed by atoms with Gasteiger partial charge in [0, 0.05) is 16.2 Å². The molecule has 6 aromatic carbocycles. The Balaban J connectivity index is 0.000000275. The van der Waals surface area contributed by atoms with Gasteiger partial charge in [-0.05, 0) is 106 Å². The van der Waals surface area contributed by atoms with Gasteiger partial charge in [-0.25, -0.2) is 0 Å². The summed E-state index contributed by atoms with van der Waals surface area (Å²) in [4.78, 5) is 0. The molecule has 0 aromatic heterocycles. The zero-order valence-electron chi connectivity index (χ0n) is 35.5.